The maximum Gasteiger partial charge on any atom is 0.0670 e. The molecule has 3 nitrogen and oxygen atoms in total. The molecule has 0 saturated heterocycles. The number of hydrogen-bond donors (Lipinski definition) is 0. The maximum atomic E-state index is 5.40. The van der Waals surface area contributed by atoms with Crippen LogP contribution < -0.4 is 0 Å². The normalized spacial score (nSPS) is 14.2. The Morgan fingerprint density at radius 3 is 1.73 bits per heavy atom. The summed E-state index contributed by atoms with van der Waals surface area (Å²) in [5.74, 6) is 0. The van der Waals surface area contributed by atoms with Crippen molar-refractivity contribution in [3.63, 3.8) is 0 Å². The SMILES string of the molecule is C=CCCCCCCCCCN(CC(C)OC)CC(C)OC. The summed E-state index contributed by atoms with van der Waals surface area (Å²) < 4.78 is 10.8. The molecule has 0 amide bonds. The van der Waals surface area contributed by atoms with Crippen molar-refractivity contribution in [3.8, 4) is 0 Å². The van der Waals surface area contributed by atoms with Crippen LogP contribution in [0.25, 0.3) is 0 Å². The summed E-state index contributed by atoms with van der Waals surface area (Å²) in [6, 6.07) is 0. The first-order chi connectivity index (χ1) is 10.6. The molecule has 2 unspecified atom stereocenters. The van der Waals surface area contributed by atoms with E-state index in [1.807, 2.05) is 6.08 Å². The minimum Gasteiger partial charge on any atom is -0.380 e. The zero-order valence-electron chi connectivity index (χ0n) is 15.5. The topological polar surface area (TPSA) is 21.7 Å². The Morgan fingerprint density at radius 1 is 0.818 bits per heavy atom. The average molecular weight is 314 g/mol. The minimum absolute atomic E-state index is 0.286. The predicted octanol–water partition coefficient (Wildman–Crippen LogP) is 4.67. The average Bonchev–Trinajstić information content (AvgIpc) is 2.52. The van der Waals surface area contributed by atoms with Gasteiger partial charge in [-0.15, -0.1) is 6.58 Å². The molecule has 0 heterocycles. The van der Waals surface area contributed by atoms with Gasteiger partial charge in [-0.3, -0.25) is 4.90 Å². The highest BCUT2D eigenvalue weighted by molar-refractivity contribution is 4.67. The fourth-order valence-corrected chi connectivity index (χ4v) is 2.64. The lowest BCUT2D eigenvalue weighted by Gasteiger charge is -2.27. The van der Waals surface area contributed by atoms with Gasteiger partial charge in [0.25, 0.3) is 0 Å². The van der Waals surface area contributed by atoms with Gasteiger partial charge in [-0.25, -0.2) is 0 Å². The van der Waals surface area contributed by atoms with E-state index >= 15 is 0 Å². The van der Waals surface area contributed by atoms with Crippen molar-refractivity contribution in [2.24, 2.45) is 0 Å². The molecule has 22 heavy (non-hydrogen) atoms. The van der Waals surface area contributed by atoms with Crippen LogP contribution in [-0.2, 0) is 9.47 Å². The van der Waals surface area contributed by atoms with E-state index in [2.05, 4.69) is 25.3 Å². The lowest BCUT2D eigenvalue weighted by molar-refractivity contribution is 0.0393. The van der Waals surface area contributed by atoms with Gasteiger partial charge in [0.15, 0.2) is 0 Å². The first kappa shape index (κ1) is 21.6. The van der Waals surface area contributed by atoms with Crippen LogP contribution >= 0.6 is 0 Å². The Hall–Kier alpha value is -0.380. The fourth-order valence-electron chi connectivity index (χ4n) is 2.64. The largest absolute Gasteiger partial charge is 0.380 e. The lowest BCUT2D eigenvalue weighted by atomic mass is 10.1. The number of hydrogen-bond acceptors (Lipinski definition) is 3. The van der Waals surface area contributed by atoms with Gasteiger partial charge >= 0.3 is 0 Å². The van der Waals surface area contributed by atoms with Gasteiger partial charge < -0.3 is 9.47 Å². The Labute approximate surface area is 139 Å². The standard InChI is InChI=1S/C19H39NO2/c1-6-7-8-9-10-11-12-13-14-15-20(16-18(2)21-4)17-19(3)22-5/h6,18-19H,1,7-17H2,2-5H3. The molecule has 0 aliphatic carbocycles. The number of methoxy groups -OCH3 is 2. The molecule has 0 aromatic carbocycles. The van der Waals surface area contributed by atoms with E-state index in [0.29, 0.717) is 0 Å². The highest BCUT2D eigenvalue weighted by Gasteiger charge is 2.12. The molecule has 0 aliphatic heterocycles. The van der Waals surface area contributed by atoms with Gasteiger partial charge in [-0.05, 0) is 39.7 Å². The third kappa shape index (κ3) is 13.3. The second kappa shape index (κ2) is 15.5. The summed E-state index contributed by atoms with van der Waals surface area (Å²) in [6.45, 7) is 11.2. The van der Waals surface area contributed by atoms with Crippen LogP contribution in [0, 0.1) is 0 Å². The lowest BCUT2D eigenvalue weighted by Crippen LogP contribution is -2.38. The number of unbranched alkanes of at least 4 members (excludes halogenated alkanes) is 7. The van der Waals surface area contributed by atoms with E-state index in [1.54, 1.807) is 14.2 Å². The molecule has 0 aromatic heterocycles. The summed E-state index contributed by atoms with van der Waals surface area (Å²) >= 11 is 0. The molecule has 0 aromatic rings. The van der Waals surface area contributed by atoms with Crippen LogP contribution in [-0.4, -0.2) is 51.0 Å². The number of rotatable bonds is 16. The first-order valence-electron chi connectivity index (χ1n) is 9.02. The molecule has 2 atom stereocenters. The zero-order chi connectivity index (χ0) is 16.6. The van der Waals surface area contributed by atoms with Crippen molar-refractivity contribution >= 4 is 0 Å². The molecule has 132 valence electrons. The van der Waals surface area contributed by atoms with Gasteiger partial charge in [0.1, 0.15) is 0 Å². The van der Waals surface area contributed by atoms with Gasteiger partial charge in [0, 0.05) is 27.3 Å². The van der Waals surface area contributed by atoms with Crippen molar-refractivity contribution in [1.29, 1.82) is 0 Å². The number of nitrogens with zero attached hydrogens (tertiary/aromatic N) is 1. The van der Waals surface area contributed by atoms with Crippen LogP contribution in [0.5, 0.6) is 0 Å². The number of allylic oxidation sites excluding steroid dienone is 1. The molecule has 0 saturated carbocycles. The highest BCUT2D eigenvalue weighted by Crippen LogP contribution is 2.10. The van der Waals surface area contributed by atoms with Crippen LogP contribution in [0.15, 0.2) is 12.7 Å². The summed E-state index contributed by atoms with van der Waals surface area (Å²) in [5, 5.41) is 0. The van der Waals surface area contributed by atoms with Crippen molar-refractivity contribution in [3.05, 3.63) is 12.7 Å². The Morgan fingerprint density at radius 2 is 1.27 bits per heavy atom. The second-order valence-electron chi connectivity index (χ2n) is 6.40. The fraction of sp³-hybridized carbons (Fsp3) is 0.895. The third-order valence-corrected chi connectivity index (χ3v) is 4.22. The molecule has 0 aliphatic rings. The minimum atomic E-state index is 0.286. The molecular formula is C19H39NO2. The first-order valence-corrected chi connectivity index (χ1v) is 9.02. The van der Waals surface area contributed by atoms with E-state index in [4.69, 9.17) is 9.47 Å². The number of ether oxygens (including phenoxy) is 2. The van der Waals surface area contributed by atoms with E-state index in [9.17, 15) is 0 Å². The smallest absolute Gasteiger partial charge is 0.0670 e. The molecule has 0 radical (unpaired) electrons. The van der Waals surface area contributed by atoms with Gasteiger partial charge in [-0.1, -0.05) is 38.2 Å². The second-order valence-corrected chi connectivity index (χ2v) is 6.40. The van der Waals surface area contributed by atoms with Gasteiger partial charge in [-0.2, -0.15) is 0 Å². The van der Waals surface area contributed by atoms with Crippen molar-refractivity contribution in [1.82, 2.24) is 4.90 Å². The van der Waals surface area contributed by atoms with Crippen LogP contribution in [0.2, 0.25) is 0 Å². The third-order valence-electron chi connectivity index (χ3n) is 4.22. The van der Waals surface area contributed by atoms with E-state index < -0.39 is 0 Å². The summed E-state index contributed by atoms with van der Waals surface area (Å²) in [6.07, 6.45) is 13.2. The summed E-state index contributed by atoms with van der Waals surface area (Å²) in [4.78, 5) is 2.48. The van der Waals surface area contributed by atoms with Crippen LogP contribution in [0.1, 0.15) is 65.2 Å². The molecule has 0 N–H and O–H groups in total. The Balaban J connectivity index is 3.71. The Bertz CT molecular complexity index is 234. The monoisotopic (exact) mass is 313 g/mol. The molecule has 3 heteroatoms. The molecule has 0 spiro atoms. The highest BCUT2D eigenvalue weighted by atomic mass is 16.5. The van der Waals surface area contributed by atoms with E-state index in [1.165, 1.54) is 51.4 Å². The zero-order valence-corrected chi connectivity index (χ0v) is 15.5. The molecule has 0 fully saturated rings. The predicted molar refractivity (Wildman–Crippen MR) is 96.5 cm³/mol. The van der Waals surface area contributed by atoms with E-state index in [-0.39, 0.29) is 12.2 Å². The van der Waals surface area contributed by atoms with E-state index in [0.717, 1.165) is 19.6 Å². The Kier molecular flexibility index (Phi) is 15.2. The van der Waals surface area contributed by atoms with Crippen LogP contribution in [0.3, 0.4) is 0 Å². The maximum absolute atomic E-state index is 5.40. The molecular weight excluding hydrogens is 274 g/mol. The molecule has 0 rings (SSSR count). The van der Waals surface area contributed by atoms with Gasteiger partial charge in [0.05, 0.1) is 12.2 Å². The summed E-state index contributed by atoms with van der Waals surface area (Å²) in [5.41, 5.74) is 0. The van der Waals surface area contributed by atoms with Gasteiger partial charge in [0.2, 0.25) is 0 Å². The quantitative estimate of drug-likeness (QED) is 0.305. The summed E-state index contributed by atoms with van der Waals surface area (Å²) in [7, 11) is 3.57. The molecule has 0 bridgehead atoms. The van der Waals surface area contributed by atoms with Crippen molar-refractivity contribution < 1.29 is 9.47 Å². The van der Waals surface area contributed by atoms with Crippen molar-refractivity contribution in [2.45, 2.75) is 77.4 Å². The van der Waals surface area contributed by atoms with Crippen molar-refractivity contribution in [2.75, 3.05) is 33.9 Å². The van der Waals surface area contributed by atoms with Crippen LogP contribution in [0.4, 0.5) is 0 Å².